The predicted octanol–water partition coefficient (Wildman–Crippen LogP) is 2.28. The van der Waals surface area contributed by atoms with Crippen LogP contribution < -0.4 is 10.6 Å². The first-order valence-electron chi connectivity index (χ1n) is 6.93. The lowest BCUT2D eigenvalue weighted by Crippen LogP contribution is -2.42. The van der Waals surface area contributed by atoms with Gasteiger partial charge in [-0.15, -0.1) is 0 Å². The van der Waals surface area contributed by atoms with E-state index in [2.05, 4.69) is 29.0 Å². The molecule has 0 spiro atoms. The maximum atomic E-state index is 12.1. The molecule has 1 aromatic heterocycles. The lowest BCUT2D eigenvalue weighted by Gasteiger charge is -2.20. The Morgan fingerprint density at radius 3 is 2.60 bits per heavy atom. The summed E-state index contributed by atoms with van der Waals surface area (Å²) in [6.07, 6.45) is 2.06. The largest absolute Gasteiger partial charge is 0.350 e. The molecule has 0 aliphatic heterocycles. The van der Waals surface area contributed by atoms with Gasteiger partial charge in [0, 0.05) is 29.2 Å². The average Bonchev–Trinajstić information content (AvgIpc) is 2.66. The fourth-order valence-corrected chi connectivity index (χ4v) is 2.40. The van der Waals surface area contributed by atoms with E-state index < -0.39 is 0 Å². The molecular formula is C16H23N3O. The maximum absolute atomic E-state index is 12.1. The molecular weight excluding hydrogens is 250 g/mol. The van der Waals surface area contributed by atoms with Crippen LogP contribution in [-0.4, -0.2) is 23.1 Å². The first kappa shape index (κ1) is 14.6. The van der Waals surface area contributed by atoms with Crippen molar-refractivity contribution in [3.8, 4) is 0 Å². The normalized spacial score (nSPS) is 11.8. The molecule has 0 bridgehead atoms. The predicted molar refractivity (Wildman–Crippen MR) is 82.6 cm³/mol. The minimum absolute atomic E-state index is 0.0364. The van der Waals surface area contributed by atoms with Crippen molar-refractivity contribution in [1.82, 2.24) is 15.2 Å². The first-order chi connectivity index (χ1) is 9.40. The molecule has 0 saturated heterocycles. The van der Waals surface area contributed by atoms with Gasteiger partial charge in [-0.05, 0) is 39.4 Å². The number of hydrogen-bond donors (Lipinski definition) is 2. The van der Waals surface area contributed by atoms with Crippen LogP contribution in [-0.2, 0) is 17.9 Å². The number of nitrogens with one attached hydrogen (secondary N) is 2. The van der Waals surface area contributed by atoms with Gasteiger partial charge in [0.05, 0.1) is 0 Å². The summed E-state index contributed by atoms with van der Waals surface area (Å²) in [6.45, 7) is 7.12. The summed E-state index contributed by atoms with van der Waals surface area (Å²) in [6, 6.07) is 8.18. The number of rotatable bonds is 4. The molecule has 0 saturated carbocycles. The van der Waals surface area contributed by atoms with E-state index in [0.29, 0.717) is 6.54 Å². The molecule has 2 N–H and O–H groups in total. The van der Waals surface area contributed by atoms with Gasteiger partial charge in [0.25, 0.3) is 0 Å². The molecule has 2 aromatic rings. The SMILES string of the molecule is CNCc1cn(CC(=O)NC(C)(C)C)c2ccccc12. The first-order valence-corrected chi connectivity index (χ1v) is 6.93. The van der Waals surface area contributed by atoms with E-state index in [1.165, 1.54) is 10.9 Å². The Morgan fingerprint density at radius 2 is 1.95 bits per heavy atom. The van der Waals surface area contributed by atoms with Gasteiger partial charge < -0.3 is 15.2 Å². The molecule has 0 fully saturated rings. The molecule has 108 valence electrons. The Kier molecular flexibility index (Phi) is 4.14. The minimum Gasteiger partial charge on any atom is -0.350 e. The molecule has 0 aliphatic rings. The molecule has 4 heteroatoms. The molecule has 1 heterocycles. The van der Waals surface area contributed by atoms with E-state index in [0.717, 1.165) is 12.1 Å². The number of fused-ring (bicyclic) bond motifs is 1. The van der Waals surface area contributed by atoms with Gasteiger partial charge in [-0.25, -0.2) is 0 Å². The van der Waals surface area contributed by atoms with Gasteiger partial charge in [0.2, 0.25) is 5.91 Å². The molecule has 0 aliphatic carbocycles. The standard InChI is InChI=1S/C16H23N3O/c1-16(2,3)18-15(20)11-19-10-12(9-17-4)13-7-5-6-8-14(13)19/h5-8,10,17H,9,11H2,1-4H3,(H,18,20). The smallest absolute Gasteiger partial charge is 0.240 e. The highest BCUT2D eigenvalue weighted by Gasteiger charge is 2.15. The summed E-state index contributed by atoms with van der Waals surface area (Å²) in [7, 11) is 1.93. The van der Waals surface area contributed by atoms with Crippen LogP contribution in [0.4, 0.5) is 0 Å². The molecule has 0 atom stereocenters. The van der Waals surface area contributed by atoms with E-state index in [-0.39, 0.29) is 11.4 Å². The Balaban J connectivity index is 2.28. The fourth-order valence-electron chi connectivity index (χ4n) is 2.40. The zero-order chi connectivity index (χ0) is 14.8. The summed E-state index contributed by atoms with van der Waals surface area (Å²) >= 11 is 0. The van der Waals surface area contributed by atoms with Gasteiger partial charge >= 0.3 is 0 Å². The number of aromatic nitrogens is 1. The second-order valence-corrected chi connectivity index (χ2v) is 6.13. The third-order valence-electron chi connectivity index (χ3n) is 3.07. The van der Waals surface area contributed by atoms with Gasteiger partial charge in [-0.3, -0.25) is 4.79 Å². The summed E-state index contributed by atoms with van der Waals surface area (Å²) in [5.41, 5.74) is 2.11. The lowest BCUT2D eigenvalue weighted by atomic mass is 10.1. The number of para-hydroxylation sites is 1. The zero-order valence-corrected chi connectivity index (χ0v) is 12.7. The van der Waals surface area contributed by atoms with E-state index in [1.807, 2.05) is 44.5 Å². The van der Waals surface area contributed by atoms with Crippen LogP contribution in [0.3, 0.4) is 0 Å². The Hall–Kier alpha value is -1.81. The van der Waals surface area contributed by atoms with Crippen LogP contribution in [0, 0.1) is 0 Å². The number of carbonyl (C=O) groups is 1. The molecule has 2 rings (SSSR count). The van der Waals surface area contributed by atoms with E-state index in [4.69, 9.17) is 0 Å². The van der Waals surface area contributed by atoms with E-state index in [9.17, 15) is 4.79 Å². The highest BCUT2D eigenvalue weighted by Crippen LogP contribution is 2.21. The summed E-state index contributed by atoms with van der Waals surface area (Å²) in [5, 5.41) is 7.36. The monoisotopic (exact) mass is 273 g/mol. The van der Waals surface area contributed by atoms with Crippen molar-refractivity contribution in [2.75, 3.05) is 7.05 Å². The van der Waals surface area contributed by atoms with Crippen LogP contribution in [0.15, 0.2) is 30.5 Å². The molecule has 1 aromatic carbocycles. The van der Waals surface area contributed by atoms with Crippen LogP contribution in [0.5, 0.6) is 0 Å². The summed E-state index contributed by atoms with van der Waals surface area (Å²) in [4.78, 5) is 12.1. The number of amides is 1. The number of hydrogen-bond acceptors (Lipinski definition) is 2. The minimum atomic E-state index is -0.201. The van der Waals surface area contributed by atoms with Crippen molar-refractivity contribution >= 4 is 16.8 Å². The maximum Gasteiger partial charge on any atom is 0.240 e. The molecule has 1 amide bonds. The fraction of sp³-hybridized carbons (Fsp3) is 0.438. The second kappa shape index (κ2) is 5.67. The van der Waals surface area contributed by atoms with Gasteiger partial charge in [-0.2, -0.15) is 0 Å². The van der Waals surface area contributed by atoms with Crippen molar-refractivity contribution in [2.45, 2.75) is 39.4 Å². The van der Waals surface area contributed by atoms with E-state index in [1.54, 1.807) is 0 Å². The zero-order valence-electron chi connectivity index (χ0n) is 12.7. The number of benzene rings is 1. The average molecular weight is 273 g/mol. The topological polar surface area (TPSA) is 46.1 Å². The highest BCUT2D eigenvalue weighted by atomic mass is 16.2. The second-order valence-electron chi connectivity index (χ2n) is 6.13. The molecule has 20 heavy (non-hydrogen) atoms. The van der Waals surface area contributed by atoms with Crippen molar-refractivity contribution in [1.29, 1.82) is 0 Å². The quantitative estimate of drug-likeness (QED) is 0.897. The third-order valence-corrected chi connectivity index (χ3v) is 3.07. The lowest BCUT2D eigenvalue weighted by molar-refractivity contribution is -0.123. The van der Waals surface area contributed by atoms with Crippen molar-refractivity contribution < 1.29 is 4.79 Å². The highest BCUT2D eigenvalue weighted by molar-refractivity contribution is 5.86. The van der Waals surface area contributed by atoms with Crippen LogP contribution in [0.1, 0.15) is 26.3 Å². The van der Waals surface area contributed by atoms with Crippen molar-refractivity contribution in [3.05, 3.63) is 36.0 Å². The molecule has 0 radical (unpaired) electrons. The summed E-state index contributed by atoms with van der Waals surface area (Å²) in [5.74, 6) is 0.0364. The van der Waals surface area contributed by atoms with Gasteiger partial charge in [0.1, 0.15) is 6.54 Å². The van der Waals surface area contributed by atoms with Gasteiger partial charge in [-0.1, -0.05) is 18.2 Å². The molecule has 4 nitrogen and oxygen atoms in total. The third kappa shape index (κ3) is 3.39. The van der Waals surface area contributed by atoms with Crippen LogP contribution >= 0.6 is 0 Å². The van der Waals surface area contributed by atoms with Crippen molar-refractivity contribution in [3.63, 3.8) is 0 Å². The Labute approximate surface area is 120 Å². The van der Waals surface area contributed by atoms with Crippen LogP contribution in [0.2, 0.25) is 0 Å². The van der Waals surface area contributed by atoms with Crippen LogP contribution in [0.25, 0.3) is 10.9 Å². The molecule has 0 unspecified atom stereocenters. The van der Waals surface area contributed by atoms with Crippen molar-refractivity contribution in [2.24, 2.45) is 0 Å². The Bertz CT molecular complexity index is 608. The van der Waals surface area contributed by atoms with E-state index >= 15 is 0 Å². The number of carbonyl (C=O) groups excluding carboxylic acids is 1. The summed E-state index contributed by atoms with van der Waals surface area (Å²) < 4.78 is 2.02. The van der Waals surface area contributed by atoms with Gasteiger partial charge in [0.15, 0.2) is 0 Å². The number of nitrogens with zero attached hydrogens (tertiary/aromatic N) is 1. The Morgan fingerprint density at radius 1 is 1.25 bits per heavy atom.